The molecule has 23 heavy (non-hydrogen) atoms. The lowest BCUT2D eigenvalue weighted by molar-refractivity contribution is 0.0181. The minimum absolute atomic E-state index is 0.0716. The van der Waals surface area contributed by atoms with E-state index in [1.165, 1.54) is 0 Å². The molecule has 126 valence electrons. The van der Waals surface area contributed by atoms with Crippen molar-refractivity contribution in [2.75, 3.05) is 52.9 Å². The van der Waals surface area contributed by atoms with Gasteiger partial charge in [0.1, 0.15) is 5.69 Å². The van der Waals surface area contributed by atoms with Crippen molar-refractivity contribution in [3.05, 3.63) is 30.1 Å². The number of rotatable bonds is 4. The molecule has 0 spiro atoms. The average Bonchev–Trinajstić information content (AvgIpc) is 2.62. The van der Waals surface area contributed by atoms with E-state index < -0.39 is 0 Å². The number of piperazine rings is 1. The van der Waals surface area contributed by atoms with Crippen molar-refractivity contribution in [3.8, 4) is 0 Å². The predicted molar refractivity (Wildman–Crippen MR) is 90.5 cm³/mol. The standard InChI is InChI=1S/C17H27N5O/c1-21-10-12-22(13-11-21)17(5-8-18-9-6-17)14-20-16(23)15-4-2-3-7-19-15/h2-4,7,18H,5-6,8-14H2,1H3,(H,20,23). The number of carbonyl (C=O) groups is 1. The van der Waals surface area contributed by atoms with E-state index >= 15 is 0 Å². The van der Waals surface area contributed by atoms with E-state index in [9.17, 15) is 4.79 Å². The summed E-state index contributed by atoms with van der Waals surface area (Å²) in [6.45, 7) is 7.10. The Balaban J connectivity index is 1.66. The molecule has 0 saturated carbocycles. The van der Waals surface area contributed by atoms with Crippen molar-refractivity contribution in [1.29, 1.82) is 0 Å². The maximum absolute atomic E-state index is 12.3. The molecule has 1 amide bonds. The molecule has 0 unspecified atom stereocenters. The average molecular weight is 317 g/mol. The van der Waals surface area contributed by atoms with Gasteiger partial charge in [-0.05, 0) is 45.1 Å². The molecule has 0 aliphatic carbocycles. The second-order valence-corrected chi connectivity index (χ2v) is 6.66. The topological polar surface area (TPSA) is 60.5 Å². The molecule has 3 rings (SSSR count). The van der Waals surface area contributed by atoms with Crippen molar-refractivity contribution in [1.82, 2.24) is 25.4 Å². The van der Waals surface area contributed by atoms with Crippen molar-refractivity contribution >= 4 is 5.91 Å². The van der Waals surface area contributed by atoms with Crippen LogP contribution in [0.1, 0.15) is 23.3 Å². The highest BCUT2D eigenvalue weighted by Gasteiger charge is 2.39. The van der Waals surface area contributed by atoms with E-state index in [1.54, 1.807) is 12.3 Å². The molecule has 0 atom stereocenters. The first-order chi connectivity index (χ1) is 11.2. The monoisotopic (exact) mass is 317 g/mol. The Hall–Kier alpha value is -1.50. The second kappa shape index (κ2) is 7.38. The largest absolute Gasteiger partial charge is 0.349 e. The van der Waals surface area contributed by atoms with Crippen LogP contribution in [0.2, 0.25) is 0 Å². The molecule has 0 radical (unpaired) electrons. The van der Waals surface area contributed by atoms with Crippen LogP contribution in [0.15, 0.2) is 24.4 Å². The van der Waals surface area contributed by atoms with Gasteiger partial charge in [0.15, 0.2) is 0 Å². The van der Waals surface area contributed by atoms with Gasteiger partial charge in [0.25, 0.3) is 5.91 Å². The van der Waals surface area contributed by atoms with E-state index in [4.69, 9.17) is 0 Å². The van der Waals surface area contributed by atoms with Gasteiger partial charge in [-0.2, -0.15) is 0 Å². The van der Waals surface area contributed by atoms with Crippen molar-refractivity contribution in [2.24, 2.45) is 0 Å². The zero-order valence-corrected chi connectivity index (χ0v) is 13.9. The van der Waals surface area contributed by atoms with Crippen LogP contribution in [0.5, 0.6) is 0 Å². The fourth-order valence-corrected chi connectivity index (χ4v) is 3.61. The first-order valence-corrected chi connectivity index (χ1v) is 8.53. The molecule has 0 aromatic carbocycles. The molecule has 3 heterocycles. The number of amides is 1. The molecular weight excluding hydrogens is 290 g/mol. The highest BCUT2D eigenvalue weighted by molar-refractivity contribution is 5.92. The summed E-state index contributed by atoms with van der Waals surface area (Å²) >= 11 is 0. The summed E-state index contributed by atoms with van der Waals surface area (Å²) in [6, 6.07) is 5.44. The molecule has 2 N–H and O–H groups in total. The van der Waals surface area contributed by atoms with E-state index in [2.05, 4.69) is 32.5 Å². The predicted octanol–water partition coefficient (Wildman–Crippen LogP) is 0.181. The van der Waals surface area contributed by atoms with E-state index in [-0.39, 0.29) is 11.4 Å². The third kappa shape index (κ3) is 3.88. The zero-order valence-electron chi connectivity index (χ0n) is 13.9. The Morgan fingerprint density at radius 3 is 2.65 bits per heavy atom. The smallest absolute Gasteiger partial charge is 0.269 e. The molecule has 1 aromatic rings. The van der Waals surface area contributed by atoms with Crippen LogP contribution in [0.25, 0.3) is 0 Å². The zero-order chi connectivity index (χ0) is 16.1. The van der Waals surface area contributed by atoms with Gasteiger partial charge in [-0.25, -0.2) is 0 Å². The first-order valence-electron chi connectivity index (χ1n) is 8.53. The molecule has 0 bridgehead atoms. The van der Waals surface area contributed by atoms with Crippen LogP contribution >= 0.6 is 0 Å². The minimum Gasteiger partial charge on any atom is -0.349 e. The van der Waals surface area contributed by atoms with Crippen LogP contribution in [0, 0.1) is 0 Å². The number of hydrogen-bond donors (Lipinski definition) is 2. The number of pyridine rings is 1. The lowest BCUT2D eigenvalue weighted by Gasteiger charge is -2.49. The normalized spacial score (nSPS) is 22.7. The quantitative estimate of drug-likeness (QED) is 0.830. The minimum atomic E-state index is -0.0716. The molecule has 2 aliphatic heterocycles. The van der Waals surface area contributed by atoms with Crippen LogP contribution in [0.3, 0.4) is 0 Å². The third-order valence-electron chi connectivity index (χ3n) is 5.18. The highest BCUT2D eigenvalue weighted by atomic mass is 16.1. The molecule has 6 heteroatoms. The van der Waals surface area contributed by atoms with Crippen LogP contribution in [0.4, 0.5) is 0 Å². The number of nitrogens with zero attached hydrogens (tertiary/aromatic N) is 3. The second-order valence-electron chi connectivity index (χ2n) is 6.66. The lowest BCUT2D eigenvalue weighted by Crippen LogP contribution is -2.64. The first kappa shape index (κ1) is 16.4. The van der Waals surface area contributed by atoms with Gasteiger partial charge in [-0.3, -0.25) is 14.7 Å². The van der Waals surface area contributed by atoms with Gasteiger partial charge in [0.05, 0.1) is 0 Å². The number of carbonyl (C=O) groups excluding carboxylic acids is 1. The van der Waals surface area contributed by atoms with Gasteiger partial charge in [-0.15, -0.1) is 0 Å². The SMILES string of the molecule is CN1CCN(C2(CNC(=O)c3ccccn3)CCNCC2)CC1. The van der Waals surface area contributed by atoms with Crippen LogP contribution in [-0.4, -0.2) is 79.1 Å². The Bertz CT molecular complexity index is 507. The lowest BCUT2D eigenvalue weighted by atomic mass is 9.85. The van der Waals surface area contributed by atoms with Gasteiger partial charge in [0.2, 0.25) is 0 Å². The van der Waals surface area contributed by atoms with Crippen LogP contribution in [-0.2, 0) is 0 Å². The van der Waals surface area contributed by atoms with Gasteiger partial charge in [-0.1, -0.05) is 6.07 Å². The molecule has 2 fully saturated rings. The van der Waals surface area contributed by atoms with Gasteiger partial charge in [0, 0.05) is 44.5 Å². The van der Waals surface area contributed by atoms with E-state index in [0.29, 0.717) is 12.2 Å². The molecule has 6 nitrogen and oxygen atoms in total. The Kier molecular flexibility index (Phi) is 5.25. The summed E-state index contributed by atoms with van der Waals surface area (Å²) in [5, 5.41) is 6.58. The Morgan fingerprint density at radius 1 is 1.26 bits per heavy atom. The molecule has 2 aliphatic rings. The fourth-order valence-electron chi connectivity index (χ4n) is 3.61. The summed E-state index contributed by atoms with van der Waals surface area (Å²) in [5.41, 5.74) is 0.576. The molecular formula is C17H27N5O. The Labute approximate surface area is 138 Å². The van der Waals surface area contributed by atoms with Gasteiger partial charge >= 0.3 is 0 Å². The number of nitrogens with one attached hydrogen (secondary N) is 2. The highest BCUT2D eigenvalue weighted by Crippen LogP contribution is 2.27. The molecule has 2 saturated heterocycles. The fraction of sp³-hybridized carbons (Fsp3) is 0.647. The summed E-state index contributed by atoms with van der Waals surface area (Å²) in [6.07, 6.45) is 3.83. The summed E-state index contributed by atoms with van der Waals surface area (Å²) in [4.78, 5) is 21.5. The number of aromatic nitrogens is 1. The maximum atomic E-state index is 12.3. The van der Waals surface area contributed by atoms with Crippen molar-refractivity contribution in [2.45, 2.75) is 18.4 Å². The summed E-state index contributed by atoms with van der Waals surface area (Å²) in [7, 11) is 2.18. The van der Waals surface area contributed by atoms with Crippen molar-refractivity contribution in [3.63, 3.8) is 0 Å². The van der Waals surface area contributed by atoms with Crippen molar-refractivity contribution < 1.29 is 4.79 Å². The van der Waals surface area contributed by atoms with Crippen LogP contribution < -0.4 is 10.6 Å². The summed E-state index contributed by atoms with van der Waals surface area (Å²) < 4.78 is 0. The number of piperidine rings is 1. The molecule has 1 aromatic heterocycles. The third-order valence-corrected chi connectivity index (χ3v) is 5.18. The maximum Gasteiger partial charge on any atom is 0.269 e. The van der Waals surface area contributed by atoms with Gasteiger partial charge < -0.3 is 15.5 Å². The van der Waals surface area contributed by atoms with E-state index in [0.717, 1.165) is 52.1 Å². The summed E-state index contributed by atoms with van der Waals surface area (Å²) in [5.74, 6) is -0.0716. The number of hydrogen-bond acceptors (Lipinski definition) is 5. The number of likely N-dealkylation sites (N-methyl/N-ethyl adjacent to an activating group) is 1. The Morgan fingerprint density at radius 2 is 2.00 bits per heavy atom. The van der Waals surface area contributed by atoms with E-state index in [1.807, 2.05) is 12.1 Å².